The number of carbonyl (C=O) groups is 1. The second kappa shape index (κ2) is 5.88. The Morgan fingerprint density at radius 3 is 2.15 bits per heavy atom. The molecule has 1 aromatic carbocycles. The van der Waals surface area contributed by atoms with Crippen LogP contribution >= 0.6 is 0 Å². The zero-order valence-corrected chi connectivity index (χ0v) is 7.87. The minimum Gasteiger partial charge on any atom is -0.399 e. The molecule has 1 aromatic rings. The van der Waals surface area contributed by atoms with E-state index < -0.39 is 6.03 Å². The first-order chi connectivity index (χ1) is 6.18. The van der Waals surface area contributed by atoms with Crippen molar-refractivity contribution in [2.45, 2.75) is 13.8 Å². The zero-order chi connectivity index (χ0) is 10.3. The number of nitrogens with one attached hydrogen (secondary N) is 1. The molecule has 0 saturated heterocycles. The summed E-state index contributed by atoms with van der Waals surface area (Å²) in [4.78, 5) is 10.3. The Balaban J connectivity index is -0.000000136. The summed E-state index contributed by atoms with van der Waals surface area (Å²) in [5.41, 5.74) is 11.6. The molecule has 78 valence electrons. The quantitative estimate of drug-likeness (QED) is 0.590. The SMILES string of the molecule is CC.NC(=O)Nc1ccc(N)cc1.[HH].[HH].[HH]. The maximum absolute atomic E-state index is 10.3. The molecule has 4 nitrogen and oxygen atoms in total. The van der Waals surface area contributed by atoms with E-state index in [9.17, 15) is 4.79 Å². The Labute approximate surface area is 82.4 Å². The van der Waals surface area contributed by atoms with Crippen molar-refractivity contribution in [3.63, 3.8) is 0 Å². The number of urea groups is 1. The van der Waals surface area contributed by atoms with Gasteiger partial charge in [0.1, 0.15) is 0 Å². The van der Waals surface area contributed by atoms with E-state index in [1.165, 1.54) is 0 Å². The van der Waals surface area contributed by atoms with Crippen LogP contribution in [0, 0.1) is 0 Å². The fourth-order valence-electron chi connectivity index (χ4n) is 0.709. The molecule has 0 aromatic heterocycles. The lowest BCUT2D eigenvalue weighted by molar-refractivity contribution is 0.259. The largest absolute Gasteiger partial charge is 0.399 e. The summed E-state index contributed by atoms with van der Waals surface area (Å²) in [6, 6.07) is 6.16. The summed E-state index contributed by atoms with van der Waals surface area (Å²) in [6.07, 6.45) is 0. The second-order valence-corrected chi connectivity index (χ2v) is 2.11. The van der Waals surface area contributed by atoms with Crippen LogP contribution < -0.4 is 16.8 Å². The molecule has 0 saturated carbocycles. The van der Waals surface area contributed by atoms with Crippen LogP contribution in [0.3, 0.4) is 0 Å². The molecule has 0 aliphatic rings. The molecular formula is C9H21N3O. The summed E-state index contributed by atoms with van der Waals surface area (Å²) in [6.45, 7) is 4.00. The number of nitrogens with two attached hydrogens (primary N) is 2. The van der Waals surface area contributed by atoms with Gasteiger partial charge in [-0.05, 0) is 24.3 Å². The van der Waals surface area contributed by atoms with E-state index in [4.69, 9.17) is 11.5 Å². The third-order valence-corrected chi connectivity index (χ3v) is 1.18. The molecule has 0 atom stereocenters. The molecule has 0 bridgehead atoms. The van der Waals surface area contributed by atoms with E-state index in [0.717, 1.165) is 0 Å². The monoisotopic (exact) mass is 187 g/mol. The van der Waals surface area contributed by atoms with Crippen molar-refractivity contribution in [3.05, 3.63) is 24.3 Å². The van der Waals surface area contributed by atoms with E-state index in [2.05, 4.69) is 5.32 Å². The number of rotatable bonds is 1. The predicted octanol–water partition coefficient (Wildman–Crippen LogP) is 2.52. The zero-order valence-electron chi connectivity index (χ0n) is 7.87. The molecule has 1 rings (SSSR count). The molecule has 0 aliphatic carbocycles. The summed E-state index contributed by atoms with van der Waals surface area (Å²) in [5.74, 6) is 0. The standard InChI is InChI=1S/C7H9N3O.C2H6.3H2/c8-5-1-3-6(4-2-5)10-7(9)11;1-2;;;/h1-4H,8H2,(H3,9,10,11);1-2H3;3*1H. The van der Waals surface area contributed by atoms with Crippen LogP contribution in [0.25, 0.3) is 0 Å². The van der Waals surface area contributed by atoms with Gasteiger partial charge in [0.15, 0.2) is 0 Å². The summed E-state index contributed by atoms with van der Waals surface area (Å²) >= 11 is 0. The van der Waals surface area contributed by atoms with Crippen LogP contribution in [0.5, 0.6) is 0 Å². The maximum atomic E-state index is 10.3. The van der Waals surface area contributed by atoms with Gasteiger partial charge in [-0.15, -0.1) is 0 Å². The Hall–Kier alpha value is -1.71. The number of primary amides is 1. The maximum Gasteiger partial charge on any atom is 0.316 e. The highest BCUT2D eigenvalue weighted by molar-refractivity contribution is 5.87. The van der Waals surface area contributed by atoms with Crippen LogP contribution in [0.15, 0.2) is 24.3 Å². The van der Waals surface area contributed by atoms with Gasteiger partial charge in [-0.3, -0.25) is 0 Å². The van der Waals surface area contributed by atoms with E-state index in [0.29, 0.717) is 11.4 Å². The number of hydrogen-bond acceptors (Lipinski definition) is 2. The molecule has 2 amide bonds. The second-order valence-electron chi connectivity index (χ2n) is 2.11. The number of anilines is 2. The predicted molar refractivity (Wildman–Crippen MR) is 61.8 cm³/mol. The van der Waals surface area contributed by atoms with Crippen LogP contribution in [0.2, 0.25) is 0 Å². The number of benzene rings is 1. The first kappa shape index (κ1) is 11.3. The molecule has 0 unspecified atom stereocenters. The fourth-order valence-corrected chi connectivity index (χ4v) is 0.709. The van der Waals surface area contributed by atoms with Gasteiger partial charge >= 0.3 is 6.03 Å². The van der Waals surface area contributed by atoms with Crippen molar-refractivity contribution in [2.75, 3.05) is 11.1 Å². The Morgan fingerprint density at radius 2 is 1.77 bits per heavy atom. The van der Waals surface area contributed by atoms with Gasteiger partial charge in [-0.1, -0.05) is 13.8 Å². The van der Waals surface area contributed by atoms with Crippen LogP contribution in [0.1, 0.15) is 18.1 Å². The van der Waals surface area contributed by atoms with Gasteiger partial charge in [0.2, 0.25) is 0 Å². The molecule has 13 heavy (non-hydrogen) atoms. The lowest BCUT2D eigenvalue weighted by atomic mass is 10.3. The molecule has 4 heteroatoms. The van der Waals surface area contributed by atoms with Gasteiger partial charge in [0.25, 0.3) is 0 Å². The smallest absolute Gasteiger partial charge is 0.316 e. The van der Waals surface area contributed by atoms with Crippen LogP contribution in [0.4, 0.5) is 16.2 Å². The van der Waals surface area contributed by atoms with Crippen molar-refractivity contribution in [2.24, 2.45) is 5.73 Å². The van der Waals surface area contributed by atoms with Gasteiger partial charge in [-0.2, -0.15) is 0 Å². The minimum atomic E-state index is -0.574. The Morgan fingerprint density at radius 1 is 1.31 bits per heavy atom. The third-order valence-electron chi connectivity index (χ3n) is 1.18. The summed E-state index contributed by atoms with van der Waals surface area (Å²) in [5, 5.41) is 2.42. The van der Waals surface area contributed by atoms with Crippen LogP contribution in [-0.2, 0) is 0 Å². The first-order valence-corrected chi connectivity index (χ1v) is 4.10. The average Bonchev–Trinajstić information content (AvgIpc) is 2.12. The molecular weight excluding hydrogens is 166 g/mol. The van der Waals surface area contributed by atoms with E-state index in [1.807, 2.05) is 13.8 Å². The topological polar surface area (TPSA) is 81.1 Å². The van der Waals surface area contributed by atoms with E-state index in [1.54, 1.807) is 24.3 Å². The number of carbonyl (C=O) groups excluding carboxylic acids is 1. The van der Waals surface area contributed by atoms with Crippen molar-refractivity contribution in [1.29, 1.82) is 0 Å². The average molecular weight is 187 g/mol. The van der Waals surface area contributed by atoms with Crippen molar-refractivity contribution in [3.8, 4) is 0 Å². The van der Waals surface area contributed by atoms with Gasteiger partial charge in [0.05, 0.1) is 0 Å². The lowest BCUT2D eigenvalue weighted by Gasteiger charge is -2.00. The molecule has 0 fully saturated rings. The highest BCUT2D eigenvalue weighted by Crippen LogP contribution is 2.09. The summed E-state index contributed by atoms with van der Waals surface area (Å²) in [7, 11) is 0. The number of nitrogen functional groups attached to an aromatic ring is 1. The Kier molecular flexibility index (Phi) is 5.11. The van der Waals surface area contributed by atoms with Crippen molar-refractivity contribution in [1.82, 2.24) is 0 Å². The molecule has 0 heterocycles. The van der Waals surface area contributed by atoms with Gasteiger partial charge < -0.3 is 16.8 Å². The van der Waals surface area contributed by atoms with Crippen molar-refractivity contribution < 1.29 is 9.07 Å². The molecule has 0 aliphatic heterocycles. The highest BCUT2D eigenvalue weighted by Gasteiger charge is 1.93. The van der Waals surface area contributed by atoms with E-state index >= 15 is 0 Å². The van der Waals surface area contributed by atoms with Gasteiger partial charge in [0, 0.05) is 15.7 Å². The summed E-state index contributed by atoms with van der Waals surface area (Å²) < 4.78 is 0. The first-order valence-electron chi connectivity index (χ1n) is 4.10. The van der Waals surface area contributed by atoms with Gasteiger partial charge in [-0.25, -0.2) is 4.79 Å². The number of hydrogen-bond donors (Lipinski definition) is 3. The number of amides is 2. The molecule has 0 spiro atoms. The molecule has 5 N–H and O–H groups in total. The Bertz CT molecular complexity index is 267. The van der Waals surface area contributed by atoms with Crippen LogP contribution in [-0.4, -0.2) is 6.03 Å². The van der Waals surface area contributed by atoms with Crippen molar-refractivity contribution >= 4 is 17.4 Å². The fraction of sp³-hybridized carbons (Fsp3) is 0.222. The normalized spacial score (nSPS) is 8.15. The third kappa shape index (κ3) is 4.68. The molecule has 0 radical (unpaired) electrons. The lowest BCUT2D eigenvalue weighted by Crippen LogP contribution is -2.19. The minimum absolute atomic E-state index is 0. The van der Waals surface area contributed by atoms with E-state index in [-0.39, 0.29) is 4.28 Å². The highest BCUT2D eigenvalue weighted by atomic mass is 16.2.